The van der Waals surface area contributed by atoms with Crippen LogP contribution in [0.25, 0.3) is 10.9 Å². The minimum absolute atomic E-state index is 0.0678. The first-order chi connectivity index (χ1) is 16.7. The minimum Gasteiger partial charge on any atom is -0.480 e. The quantitative estimate of drug-likeness (QED) is 0.0903. The van der Waals surface area contributed by atoms with Gasteiger partial charge in [0.15, 0.2) is 5.96 Å². The van der Waals surface area contributed by atoms with E-state index in [0.717, 1.165) is 22.9 Å². The second kappa shape index (κ2) is 13.9. The van der Waals surface area contributed by atoms with Gasteiger partial charge in [0.2, 0.25) is 11.8 Å². The number of aliphatic carboxylic acids is 1. The Morgan fingerprint density at radius 3 is 2.40 bits per heavy atom. The number of guanidine groups is 1. The van der Waals surface area contributed by atoms with Crippen molar-refractivity contribution >= 4 is 34.6 Å². The van der Waals surface area contributed by atoms with Gasteiger partial charge in [-0.1, -0.05) is 24.6 Å². The normalized spacial score (nSPS) is 13.5. The number of carbonyl (C=O) groups is 3. The van der Waals surface area contributed by atoms with Crippen molar-refractivity contribution in [2.24, 2.45) is 27.9 Å². The molecule has 12 nitrogen and oxygen atoms in total. The monoisotopic (exact) mass is 488 g/mol. The van der Waals surface area contributed by atoms with Gasteiger partial charge in [-0.05, 0) is 43.9 Å². The lowest BCUT2D eigenvalue weighted by Gasteiger charge is -2.23. The summed E-state index contributed by atoms with van der Waals surface area (Å²) in [5.41, 5.74) is 23.7. The molecule has 0 unspecified atom stereocenters. The number of aromatic amines is 1. The zero-order valence-corrected chi connectivity index (χ0v) is 19.7. The van der Waals surface area contributed by atoms with Gasteiger partial charge >= 0.3 is 5.97 Å². The van der Waals surface area contributed by atoms with Gasteiger partial charge < -0.3 is 43.7 Å². The maximum absolute atomic E-state index is 13.1. The van der Waals surface area contributed by atoms with Crippen LogP contribution in [0, 0.1) is 0 Å². The third-order valence-electron chi connectivity index (χ3n) is 5.60. The Morgan fingerprint density at radius 1 is 1.00 bits per heavy atom. The largest absolute Gasteiger partial charge is 0.480 e. The van der Waals surface area contributed by atoms with Gasteiger partial charge in [0.05, 0.1) is 6.04 Å². The number of carboxylic acid groups (broad SMARTS) is 1. The van der Waals surface area contributed by atoms with Crippen LogP contribution < -0.4 is 33.6 Å². The fraction of sp³-hybridized carbons (Fsp3) is 0.478. The summed E-state index contributed by atoms with van der Waals surface area (Å²) in [6.07, 6.45) is 4.21. The standard InChI is InChI=1S/C23H36N8O4/c24-10-4-3-7-16(25)20(32)30-18(9-5-11-28-23(26)27)21(33)31-19(22(34)35)12-14-13-29-17-8-2-1-6-15(14)17/h1-2,6,8,13,16,18-19,29H,3-5,7,9-12,24-25H2,(H,30,32)(H,31,33)(H,34,35)(H4,26,27,28)/t16-,18-,19-/m0/s1. The number of fused-ring (bicyclic) bond motifs is 1. The Morgan fingerprint density at radius 2 is 1.71 bits per heavy atom. The Bertz CT molecular complexity index is 1020. The molecule has 0 spiro atoms. The number of carbonyl (C=O) groups excluding carboxylic acids is 2. The Kier molecular flexibility index (Phi) is 11.0. The second-order valence-electron chi connectivity index (χ2n) is 8.36. The molecule has 0 fully saturated rings. The summed E-state index contributed by atoms with van der Waals surface area (Å²) in [7, 11) is 0. The molecule has 3 atom stereocenters. The number of rotatable bonds is 15. The van der Waals surface area contributed by atoms with Crippen molar-refractivity contribution in [1.82, 2.24) is 15.6 Å². The first kappa shape index (κ1) is 27.6. The van der Waals surface area contributed by atoms with Crippen LogP contribution in [-0.4, -0.2) is 65.0 Å². The molecule has 1 aromatic carbocycles. The van der Waals surface area contributed by atoms with Crippen molar-refractivity contribution in [3.63, 3.8) is 0 Å². The molecular formula is C23H36N8O4. The van der Waals surface area contributed by atoms with Gasteiger partial charge in [-0.2, -0.15) is 0 Å². The van der Waals surface area contributed by atoms with Crippen molar-refractivity contribution in [3.05, 3.63) is 36.0 Å². The number of aromatic nitrogens is 1. The number of para-hydroxylation sites is 1. The van der Waals surface area contributed by atoms with Crippen LogP contribution in [0.4, 0.5) is 0 Å². The van der Waals surface area contributed by atoms with Crippen LogP contribution in [0.2, 0.25) is 0 Å². The lowest BCUT2D eigenvalue weighted by atomic mass is 10.0. The molecule has 0 radical (unpaired) electrons. The molecule has 2 aromatic rings. The van der Waals surface area contributed by atoms with E-state index in [-0.39, 0.29) is 25.3 Å². The molecule has 0 aliphatic rings. The number of unbranched alkanes of at least 4 members (excludes halogenated alkanes) is 1. The smallest absolute Gasteiger partial charge is 0.326 e. The number of aliphatic imine (C=N–C) groups is 1. The highest BCUT2D eigenvalue weighted by Gasteiger charge is 2.28. The Hall–Kier alpha value is -3.64. The molecular weight excluding hydrogens is 452 g/mol. The predicted molar refractivity (Wildman–Crippen MR) is 134 cm³/mol. The number of nitrogens with two attached hydrogens (primary N) is 4. The molecule has 1 aromatic heterocycles. The van der Waals surface area contributed by atoms with Crippen molar-refractivity contribution < 1.29 is 19.5 Å². The van der Waals surface area contributed by atoms with E-state index in [1.807, 2.05) is 24.3 Å². The van der Waals surface area contributed by atoms with E-state index < -0.39 is 35.9 Å². The second-order valence-corrected chi connectivity index (χ2v) is 8.36. The van der Waals surface area contributed by atoms with E-state index in [0.29, 0.717) is 25.8 Å². The summed E-state index contributed by atoms with van der Waals surface area (Å²) in [6.45, 7) is 0.749. The third kappa shape index (κ3) is 8.91. The molecule has 2 amide bonds. The molecule has 35 heavy (non-hydrogen) atoms. The van der Waals surface area contributed by atoms with Gasteiger partial charge in [0.25, 0.3) is 0 Å². The van der Waals surface area contributed by atoms with Crippen molar-refractivity contribution in [2.45, 2.75) is 56.7 Å². The predicted octanol–water partition coefficient (Wildman–Crippen LogP) is -0.725. The van der Waals surface area contributed by atoms with E-state index >= 15 is 0 Å². The number of carboxylic acids is 1. The van der Waals surface area contributed by atoms with Crippen LogP contribution in [-0.2, 0) is 20.8 Å². The fourth-order valence-corrected chi connectivity index (χ4v) is 3.68. The first-order valence-electron chi connectivity index (χ1n) is 11.6. The van der Waals surface area contributed by atoms with Gasteiger partial charge in [-0.3, -0.25) is 14.6 Å². The average molecular weight is 489 g/mol. The third-order valence-corrected chi connectivity index (χ3v) is 5.60. The Balaban J connectivity index is 2.10. The zero-order valence-electron chi connectivity index (χ0n) is 19.7. The highest BCUT2D eigenvalue weighted by Crippen LogP contribution is 2.19. The van der Waals surface area contributed by atoms with Crippen LogP contribution in [0.5, 0.6) is 0 Å². The number of amides is 2. The maximum atomic E-state index is 13.1. The molecule has 2 rings (SSSR count). The average Bonchev–Trinajstić information content (AvgIpc) is 3.23. The molecule has 0 aliphatic carbocycles. The highest BCUT2D eigenvalue weighted by atomic mass is 16.4. The molecule has 0 aliphatic heterocycles. The van der Waals surface area contributed by atoms with Crippen molar-refractivity contribution in [1.29, 1.82) is 0 Å². The van der Waals surface area contributed by atoms with Crippen molar-refractivity contribution in [2.75, 3.05) is 13.1 Å². The summed E-state index contributed by atoms with van der Waals surface area (Å²) in [5.74, 6) is -2.38. The summed E-state index contributed by atoms with van der Waals surface area (Å²) >= 11 is 0. The van der Waals surface area contributed by atoms with E-state index in [4.69, 9.17) is 22.9 Å². The maximum Gasteiger partial charge on any atom is 0.326 e. The van der Waals surface area contributed by atoms with E-state index in [1.54, 1.807) is 6.20 Å². The van der Waals surface area contributed by atoms with E-state index in [9.17, 15) is 19.5 Å². The minimum atomic E-state index is -1.20. The topological polar surface area (TPSA) is 228 Å². The number of hydrogen-bond acceptors (Lipinski definition) is 6. The van der Waals surface area contributed by atoms with Gasteiger partial charge in [-0.25, -0.2) is 4.79 Å². The van der Waals surface area contributed by atoms with Crippen LogP contribution in [0.3, 0.4) is 0 Å². The summed E-state index contributed by atoms with van der Waals surface area (Å²) in [4.78, 5) is 44.6. The van der Waals surface area contributed by atoms with Crippen LogP contribution in [0.15, 0.2) is 35.5 Å². The number of nitrogens with zero attached hydrogens (tertiary/aromatic N) is 1. The number of H-pyrrole nitrogens is 1. The Labute approximate surface area is 203 Å². The SMILES string of the molecule is NCCCC[C@H](N)C(=O)N[C@@H](CCCN=C(N)N)C(=O)N[C@@H](Cc1c[nH]c2ccccc12)C(=O)O. The highest BCUT2D eigenvalue weighted by molar-refractivity contribution is 5.92. The number of nitrogens with one attached hydrogen (secondary N) is 3. The molecule has 1 heterocycles. The van der Waals surface area contributed by atoms with Crippen molar-refractivity contribution in [3.8, 4) is 0 Å². The first-order valence-corrected chi connectivity index (χ1v) is 11.6. The van der Waals surface area contributed by atoms with Gasteiger partial charge in [-0.15, -0.1) is 0 Å². The van der Waals surface area contributed by atoms with Crippen LogP contribution >= 0.6 is 0 Å². The van der Waals surface area contributed by atoms with Gasteiger partial charge in [0.1, 0.15) is 12.1 Å². The summed E-state index contributed by atoms with van der Waals surface area (Å²) < 4.78 is 0. The van der Waals surface area contributed by atoms with Crippen LogP contribution in [0.1, 0.15) is 37.7 Å². The molecule has 0 saturated heterocycles. The molecule has 12 heteroatoms. The summed E-state index contributed by atoms with van der Waals surface area (Å²) in [6, 6.07) is 4.48. The number of benzene rings is 1. The number of hydrogen-bond donors (Lipinski definition) is 8. The molecule has 12 N–H and O–H groups in total. The molecule has 0 bridgehead atoms. The summed E-state index contributed by atoms with van der Waals surface area (Å²) in [5, 5.41) is 15.8. The lowest BCUT2D eigenvalue weighted by molar-refractivity contribution is -0.142. The van der Waals surface area contributed by atoms with Gasteiger partial charge in [0, 0.05) is 30.1 Å². The zero-order chi connectivity index (χ0) is 25.8. The van der Waals surface area contributed by atoms with E-state index in [1.165, 1.54) is 0 Å². The molecule has 192 valence electrons. The fourth-order valence-electron chi connectivity index (χ4n) is 3.68. The van der Waals surface area contributed by atoms with E-state index in [2.05, 4.69) is 20.6 Å². The molecule has 0 saturated carbocycles. The lowest BCUT2D eigenvalue weighted by Crippen LogP contribution is -2.54.